The summed E-state index contributed by atoms with van der Waals surface area (Å²) in [6.45, 7) is 7.37. The smallest absolute Gasteiger partial charge is 0.191 e. The average Bonchev–Trinajstić information content (AvgIpc) is 2.78. The molecule has 19 heavy (non-hydrogen) atoms. The zero-order valence-electron chi connectivity index (χ0n) is 11.3. The van der Waals surface area contributed by atoms with Crippen LogP contribution in [0.4, 0.5) is 0 Å². The van der Waals surface area contributed by atoms with Gasteiger partial charge in [0, 0.05) is 36.2 Å². The van der Waals surface area contributed by atoms with Crippen molar-refractivity contribution < 1.29 is 0 Å². The minimum atomic E-state index is 0. The molecule has 1 aromatic rings. The Labute approximate surface area is 140 Å². The van der Waals surface area contributed by atoms with E-state index < -0.39 is 0 Å². The number of hydrogen-bond acceptors (Lipinski definition) is 4. The van der Waals surface area contributed by atoms with Crippen molar-refractivity contribution in [3.05, 3.63) is 28.7 Å². The molecule has 0 spiro atoms. The van der Waals surface area contributed by atoms with Gasteiger partial charge in [-0.05, 0) is 6.92 Å². The van der Waals surface area contributed by atoms with E-state index in [1.807, 2.05) is 24.0 Å². The van der Waals surface area contributed by atoms with Gasteiger partial charge in [0.1, 0.15) is 5.01 Å². The van der Waals surface area contributed by atoms with Crippen LogP contribution in [-0.2, 0) is 6.54 Å². The Morgan fingerprint density at radius 2 is 2.37 bits per heavy atom. The number of thioether (sulfide) groups is 1. The molecular formula is C12H21IN4S2. The summed E-state index contributed by atoms with van der Waals surface area (Å²) in [6, 6.07) is 0. The number of rotatable bonds is 7. The first-order valence-corrected chi connectivity index (χ1v) is 7.78. The van der Waals surface area contributed by atoms with E-state index in [-0.39, 0.29) is 24.0 Å². The van der Waals surface area contributed by atoms with Gasteiger partial charge in [0.25, 0.3) is 0 Å². The van der Waals surface area contributed by atoms with Crippen LogP contribution in [0, 0.1) is 6.92 Å². The minimum absolute atomic E-state index is 0. The summed E-state index contributed by atoms with van der Waals surface area (Å²) in [6.07, 6.45) is 3.81. The molecule has 108 valence electrons. The van der Waals surface area contributed by atoms with Crippen molar-refractivity contribution >= 4 is 53.0 Å². The highest BCUT2D eigenvalue weighted by Gasteiger charge is 2.00. The molecule has 1 rings (SSSR count). The van der Waals surface area contributed by atoms with Crippen LogP contribution >= 0.6 is 47.1 Å². The molecule has 0 saturated heterocycles. The molecule has 0 aliphatic carbocycles. The molecule has 1 heterocycles. The van der Waals surface area contributed by atoms with Crippen LogP contribution in [0.2, 0.25) is 0 Å². The molecule has 0 unspecified atom stereocenters. The van der Waals surface area contributed by atoms with E-state index >= 15 is 0 Å². The summed E-state index contributed by atoms with van der Waals surface area (Å²) >= 11 is 3.55. The number of nitrogens with one attached hydrogen (secondary N) is 2. The number of aryl methyl sites for hydroxylation is 1. The van der Waals surface area contributed by atoms with Gasteiger partial charge in [0.15, 0.2) is 5.96 Å². The lowest BCUT2D eigenvalue weighted by Crippen LogP contribution is -2.37. The van der Waals surface area contributed by atoms with Crippen LogP contribution in [0.5, 0.6) is 0 Å². The fourth-order valence-electron chi connectivity index (χ4n) is 1.27. The van der Waals surface area contributed by atoms with E-state index in [1.54, 1.807) is 18.4 Å². The van der Waals surface area contributed by atoms with Crippen molar-refractivity contribution in [2.45, 2.75) is 13.5 Å². The molecule has 0 radical (unpaired) electrons. The second-order valence-electron chi connectivity index (χ2n) is 3.58. The van der Waals surface area contributed by atoms with Crippen molar-refractivity contribution in [3.8, 4) is 0 Å². The summed E-state index contributed by atoms with van der Waals surface area (Å²) < 4.78 is 0. The van der Waals surface area contributed by atoms with E-state index in [0.29, 0.717) is 0 Å². The molecule has 0 aliphatic rings. The van der Waals surface area contributed by atoms with Gasteiger partial charge in [0.05, 0.1) is 6.54 Å². The number of hydrogen-bond donors (Lipinski definition) is 2. The highest BCUT2D eigenvalue weighted by Crippen LogP contribution is 2.10. The number of guanidine groups is 1. The van der Waals surface area contributed by atoms with Gasteiger partial charge in [-0.1, -0.05) is 6.08 Å². The average molecular weight is 412 g/mol. The molecule has 0 saturated carbocycles. The third kappa shape index (κ3) is 8.48. The minimum Gasteiger partial charge on any atom is -0.356 e. The number of aliphatic imine (C=N–C) groups is 1. The standard InChI is InChI=1S/C12H20N4S2.HI/c1-4-6-17-7-5-14-12(13-3)16-9-11-15-8-10(2)18-11;/h4,8H,1,5-7,9H2,2-3H3,(H2,13,14,16);1H. The summed E-state index contributed by atoms with van der Waals surface area (Å²) in [5, 5.41) is 7.59. The summed E-state index contributed by atoms with van der Waals surface area (Å²) in [4.78, 5) is 9.70. The quantitative estimate of drug-likeness (QED) is 0.238. The highest BCUT2D eigenvalue weighted by molar-refractivity contribution is 14.0. The van der Waals surface area contributed by atoms with Gasteiger partial charge in [-0.15, -0.1) is 41.9 Å². The second-order valence-corrected chi connectivity index (χ2v) is 6.05. The summed E-state index contributed by atoms with van der Waals surface area (Å²) in [5.41, 5.74) is 0. The first-order chi connectivity index (χ1) is 8.76. The molecule has 0 fully saturated rings. The lowest BCUT2D eigenvalue weighted by atomic mass is 10.6. The van der Waals surface area contributed by atoms with Crippen LogP contribution in [0.3, 0.4) is 0 Å². The van der Waals surface area contributed by atoms with Crippen molar-refractivity contribution in [1.82, 2.24) is 15.6 Å². The maximum atomic E-state index is 4.30. The van der Waals surface area contributed by atoms with Crippen LogP contribution in [-0.4, -0.2) is 36.0 Å². The molecule has 2 N–H and O–H groups in total. The van der Waals surface area contributed by atoms with Crippen LogP contribution in [0.15, 0.2) is 23.8 Å². The molecule has 0 bridgehead atoms. The maximum Gasteiger partial charge on any atom is 0.191 e. The zero-order valence-corrected chi connectivity index (χ0v) is 15.3. The highest BCUT2D eigenvalue weighted by atomic mass is 127. The second kappa shape index (κ2) is 11.5. The Morgan fingerprint density at radius 1 is 1.58 bits per heavy atom. The van der Waals surface area contributed by atoms with Crippen LogP contribution in [0.25, 0.3) is 0 Å². The third-order valence-electron chi connectivity index (χ3n) is 2.07. The molecule has 0 amide bonds. The summed E-state index contributed by atoms with van der Waals surface area (Å²) in [5.74, 6) is 2.86. The van der Waals surface area contributed by atoms with Crippen LogP contribution < -0.4 is 10.6 Å². The SMILES string of the molecule is C=CCSCCNC(=NC)NCc1ncc(C)s1.I. The number of halogens is 1. The molecule has 7 heteroatoms. The third-order valence-corrected chi connectivity index (χ3v) is 3.95. The van der Waals surface area contributed by atoms with Gasteiger partial charge in [-0.3, -0.25) is 4.99 Å². The van der Waals surface area contributed by atoms with Gasteiger partial charge in [-0.25, -0.2) is 4.98 Å². The van der Waals surface area contributed by atoms with E-state index in [1.165, 1.54) is 4.88 Å². The predicted octanol–water partition coefficient (Wildman–Crippen LogP) is 2.65. The molecule has 0 atom stereocenters. The van der Waals surface area contributed by atoms with Gasteiger partial charge in [-0.2, -0.15) is 11.8 Å². The molecule has 4 nitrogen and oxygen atoms in total. The topological polar surface area (TPSA) is 49.3 Å². The molecule has 0 aromatic carbocycles. The van der Waals surface area contributed by atoms with E-state index in [2.05, 4.69) is 34.1 Å². The Morgan fingerprint density at radius 3 is 2.95 bits per heavy atom. The van der Waals surface area contributed by atoms with E-state index in [4.69, 9.17) is 0 Å². The van der Waals surface area contributed by atoms with Crippen molar-refractivity contribution in [1.29, 1.82) is 0 Å². The van der Waals surface area contributed by atoms with Crippen molar-refractivity contribution in [3.63, 3.8) is 0 Å². The van der Waals surface area contributed by atoms with Crippen molar-refractivity contribution in [2.24, 2.45) is 4.99 Å². The van der Waals surface area contributed by atoms with Crippen molar-refractivity contribution in [2.75, 3.05) is 25.1 Å². The molecule has 0 aliphatic heterocycles. The Balaban J connectivity index is 0.00000324. The number of nitrogens with zero attached hydrogens (tertiary/aromatic N) is 2. The van der Waals surface area contributed by atoms with Gasteiger partial charge in [0.2, 0.25) is 0 Å². The summed E-state index contributed by atoms with van der Waals surface area (Å²) in [7, 11) is 1.78. The number of aromatic nitrogens is 1. The first-order valence-electron chi connectivity index (χ1n) is 5.80. The lowest BCUT2D eigenvalue weighted by molar-refractivity contribution is 0.827. The zero-order chi connectivity index (χ0) is 13.2. The molecule has 1 aromatic heterocycles. The van der Waals surface area contributed by atoms with E-state index in [9.17, 15) is 0 Å². The normalized spacial score (nSPS) is 10.7. The van der Waals surface area contributed by atoms with Gasteiger partial charge < -0.3 is 10.6 Å². The molecular weight excluding hydrogens is 391 g/mol. The Hall–Kier alpha value is -0.280. The first kappa shape index (κ1) is 18.7. The fraction of sp³-hybridized carbons (Fsp3) is 0.500. The van der Waals surface area contributed by atoms with Gasteiger partial charge >= 0.3 is 0 Å². The fourth-order valence-corrected chi connectivity index (χ4v) is 2.58. The Bertz CT molecular complexity index is 393. The largest absolute Gasteiger partial charge is 0.356 e. The lowest BCUT2D eigenvalue weighted by Gasteiger charge is -2.10. The van der Waals surface area contributed by atoms with Crippen LogP contribution in [0.1, 0.15) is 9.88 Å². The van der Waals surface area contributed by atoms with E-state index in [0.717, 1.165) is 35.6 Å². The Kier molecular flexibility index (Phi) is 11.4. The predicted molar refractivity (Wildman–Crippen MR) is 98.0 cm³/mol. The maximum absolute atomic E-state index is 4.30. The number of thiazole rings is 1. The monoisotopic (exact) mass is 412 g/mol.